The van der Waals surface area contributed by atoms with Crippen LogP contribution in [-0.2, 0) is 11.2 Å². The minimum absolute atomic E-state index is 0.0673. The van der Waals surface area contributed by atoms with Gasteiger partial charge in [0.1, 0.15) is 11.8 Å². The Balaban J connectivity index is 1.70. The summed E-state index contributed by atoms with van der Waals surface area (Å²) in [4.78, 5) is 22.0. The molecular weight excluding hydrogens is 396 g/mol. The van der Waals surface area contributed by atoms with Crippen molar-refractivity contribution in [1.29, 1.82) is 0 Å². The molecule has 3 aromatic rings. The first kappa shape index (κ1) is 20.5. The zero-order chi connectivity index (χ0) is 21.8. The maximum Gasteiger partial charge on any atom is 0.255 e. The van der Waals surface area contributed by atoms with Gasteiger partial charge in [0.15, 0.2) is 5.82 Å². The Morgan fingerprint density at radius 2 is 1.97 bits per heavy atom. The molecule has 9 heteroatoms. The van der Waals surface area contributed by atoms with Crippen molar-refractivity contribution in [1.82, 2.24) is 19.7 Å². The number of carbonyl (C=O) groups is 1. The van der Waals surface area contributed by atoms with Crippen LogP contribution in [-0.4, -0.2) is 44.5 Å². The lowest BCUT2D eigenvalue weighted by Crippen LogP contribution is -2.31. The highest BCUT2D eigenvalue weighted by molar-refractivity contribution is 6.06. The molecule has 1 amide bonds. The van der Waals surface area contributed by atoms with Crippen LogP contribution in [0.4, 0.5) is 11.6 Å². The van der Waals surface area contributed by atoms with E-state index in [1.54, 1.807) is 48.5 Å². The second-order valence-corrected chi connectivity index (χ2v) is 7.15. The summed E-state index contributed by atoms with van der Waals surface area (Å²) < 4.78 is 6.90. The quantitative estimate of drug-likeness (QED) is 0.538. The van der Waals surface area contributed by atoms with Gasteiger partial charge in [-0.1, -0.05) is 0 Å². The molecule has 1 aromatic carbocycles. The lowest BCUT2D eigenvalue weighted by atomic mass is 9.96. The SMILES string of the molecule is COc1ccc(NC(=O)C2=C(C)Nc3nc(CCCO)nn3C2c2ccncc2)cc1. The molecule has 1 aliphatic rings. The smallest absolute Gasteiger partial charge is 0.255 e. The Morgan fingerprint density at radius 1 is 1.23 bits per heavy atom. The van der Waals surface area contributed by atoms with E-state index in [2.05, 4.69) is 25.7 Å². The zero-order valence-corrected chi connectivity index (χ0v) is 17.4. The summed E-state index contributed by atoms with van der Waals surface area (Å²) in [6.07, 6.45) is 4.50. The fraction of sp³-hybridized carbons (Fsp3) is 0.273. The van der Waals surface area contributed by atoms with Crippen molar-refractivity contribution in [2.45, 2.75) is 25.8 Å². The van der Waals surface area contributed by atoms with Crippen LogP contribution in [0.1, 0.15) is 30.8 Å². The van der Waals surface area contributed by atoms with Crippen LogP contribution in [0, 0.1) is 0 Å². The van der Waals surface area contributed by atoms with Crippen molar-refractivity contribution >= 4 is 17.5 Å². The Labute approximate surface area is 179 Å². The van der Waals surface area contributed by atoms with Crippen LogP contribution >= 0.6 is 0 Å². The number of pyridine rings is 1. The van der Waals surface area contributed by atoms with Crippen molar-refractivity contribution in [3.05, 3.63) is 71.4 Å². The van der Waals surface area contributed by atoms with Gasteiger partial charge >= 0.3 is 0 Å². The van der Waals surface area contributed by atoms with E-state index in [0.29, 0.717) is 47.3 Å². The van der Waals surface area contributed by atoms with Gasteiger partial charge in [-0.25, -0.2) is 4.68 Å². The largest absolute Gasteiger partial charge is 0.497 e. The third-order valence-electron chi connectivity index (χ3n) is 5.07. The van der Waals surface area contributed by atoms with E-state index in [9.17, 15) is 4.79 Å². The Hall–Kier alpha value is -3.72. The van der Waals surface area contributed by atoms with Gasteiger partial charge in [-0.05, 0) is 55.3 Å². The monoisotopic (exact) mass is 420 g/mol. The van der Waals surface area contributed by atoms with E-state index in [1.165, 1.54) is 0 Å². The molecule has 160 valence electrons. The first-order chi connectivity index (χ1) is 15.1. The molecule has 0 saturated heterocycles. The van der Waals surface area contributed by atoms with Gasteiger partial charge < -0.3 is 20.5 Å². The number of methoxy groups -OCH3 is 1. The number of nitrogens with zero attached hydrogens (tertiary/aromatic N) is 4. The minimum atomic E-state index is -0.465. The Bertz CT molecular complexity index is 1090. The molecule has 1 unspecified atom stereocenters. The van der Waals surface area contributed by atoms with Crippen LogP contribution in [0.3, 0.4) is 0 Å². The lowest BCUT2D eigenvalue weighted by molar-refractivity contribution is -0.113. The summed E-state index contributed by atoms with van der Waals surface area (Å²) in [5, 5.41) is 19.9. The number of aryl methyl sites for hydroxylation is 1. The maximum absolute atomic E-state index is 13.4. The number of benzene rings is 1. The number of ether oxygens (including phenoxy) is 1. The first-order valence-corrected chi connectivity index (χ1v) is 10.00. The molecule has 1 aliphatic heterocycles. The molecule has 0 radical (unpaired) electrons. The van der Waals surface area contributed by atoms with Crippen molar-refractivity contribution in [2.24, 2.45) is 0 Å². The van der Waals surface area contributed by atoms with E-state index < -0.39 is 6.04 Å². The Morgan fingerprint density at radius 3 is 2.65 bits per heavy atom. The molecule has 31 heavy (non-hydrogen) atoms. The number of fused-ring (bicyclic) bond motifs is 1. The number of aromatic nitrogens is 4. The van der Waals surface area contributed by atoms with Crippen molar-refractivity contribution < 1.29 is 14.6 Å². The number of carbonyl (C=O) groups excluding carboxylic acids is 1. The third kappa shape index (κ3) is 4.26. The number of aliphatic hydroxyl groups is 1. The molecule has 3 N–H and O–H groups in total. The molecule has 0 spiro atoms. The van der Waals surface area contributed by atoms with Crippen LogP contribution in [0.15, 0.2) is 60.1 Å². The topological polar surface area (TPSA) is 114 Å². The molecule has 0 saturated carbocycles. The highest BCUT2D eigenvalue weighted by Crippen LogP contribution is 2.35. The number of hydrogen-bond donors (Lipinski definition) is 3. The lowest BCUT2D eigenvalue weighted by Gasteiger charge is -2.28. The number of rotatable bonds is 7. The average Bonchev–Trinajstić information content (AvgIpc) is 3.20. The molecule has 1 atom stereocenters. The summed E-state index contributed by atoms with van der Waals surface area (Å²) >= 11 is 0. The normalized spacial score (nSPS) is 15.3. The van der Waals surface area contributed by atoms with E-state index >= 15 is 0 Å². The standard InChI is InChI=1S/C22H24N6O3/c1-14-19(21(30)25-16-5-7-17(31-2)8-6-16)20(15-9-11-23-12-10-15)28-22(24-14)26-18(27-28)4-3-13-29/h5-12,20,29H,3-4,13H2,1-2H3,(H,25,30)(H,24,26,27). The predicted molar refractivity (Wildman–Crippen MR) is 116 cm³/mol. The number of amides is 1. The second kappa shape index (κ2) is 8.97. The molecule has 4 rings (SSSR count). The summed E-state index contributed by atoms with van der Waals surface area (Å²) in [6, 6.07) is 10.4. The van der Waals surface area contributed by atoms with Crippen molar-refractivity contribution in [3.63, 3.8) is 0 Å². The highest BCUT2D eigenvalue weighted by Gasteiger charge is 2.34. The molecule has 0 bridgehead atoms. The average molecular weight is 420 g/mol. The van der Waals surface area contributed by atoms with E-state index in [4.69, 9.17) is 9.84 Å². The van der Waals surface area contributed by atoms with Crippen LogP contribution in [0.2, 0.25) is 0 Å². The molecule has 0 aliphatic carbocycles. The molecule has 0 fully saturated rings. The van der Waals surface area contributed by atoms with E-state index in [0.717, 1.165) is 5.56 Å². The zero-order valence-electron chi connectivity index (χ0n) is 17.4. The Kier molecular flexibility index (Phi) is 5.94. The molecule has 9 nitrogen and oxygen atoms in total. The van der Waals surface area contributed by atoms with Gasteiger partial charge in [0.2, 0.25) is 5.95 Å². The van der Waals surface area contributed by atoms with Gasteiger partial charge in [-0.3, -0.25) is 9.78 Å². The van der Waals surface area contributed by atoms with E-state index in [1.807, 2.05) is 19.1 Å². The van der Waals surface area contributed by atoms with Crippen molar-refractivity contribution in [3.8, 4) is 5.75 Å². The summed E-state index contributed by atoms with van der Waals surface area (Å²) in [5.74, 6) is 1.65. The highest BCUT2D eigenvalue weighted by atomic mass is 16.5. The number of anilines is 2. The van der Waals surface area contributed by atoms with Gasteiger partial charge in [0.25, 0.3) is 5.91 Å². The van der Waals surface area contributed by atoms with Crippen LogP contribution in [0.25, 0.3) is 0 Å². The predicted octanol–water partition coefficient (Wildman–Crippen LogP) is 2.53. The minimum Gasteiger partial charge on any atom is -0.497 e. The summed E-state index contributed by atoms with van der Waals surface area (Å²) in [5.41, 5.74) is 2.76. The molecule has 3 heterocycles. The second-order valence-electron chi connectivity index (χ2n) is 7.15. The van der Waals surface area contributed by atoms with Crippen molar-refractivity contribution in [2.75, 3.05) is 24.4 Å². The van der Waals surface area contributed by atoms with Crippen LogP contribution < -0.4 is 15.4 Å². The fourth-order valence-corrected chi connectivity index (χ4v) is 3.56. The molecular formula is C22H24N6O3. The maximum atomic E-state index is 13.4. The fourth-order valence-electron chi connectivity index (χ4n) is 3.56. The number of nitrogens with one attached hydrogen (secondary N) is 2. The number of aliphatic hydroxyl groups excluding tert-OH is 1. The van der Waals surface area contributed by atoms with Gasteiger partial charge in [0.05, 0.1) is 12.7 Å². The first-order valence-electron chi connectivity index (χ1n) is 10.00. The number of hydrogen-bond acceptors (Lipinski definition) is 7. The van der Waals surface area contributed by atoms with Crippen LogP contribution in [0.5, 0.6) is 5.75 Å². The van der Waals surface area contributed by atoms with Gasteiger partial charge in [0, 0.05) is 36.8 Å². The van der Waals surface area contributed by atoms with Gasteiger partial charge in [-0.2, -0.15) is 10.1 Å². The third-order valence-corrected chi connectivity index (χ3v) is 5.07. The van der Waals surface area contributed by atoms with E-state index in [-0.39, 0.29) is 12.5 Å². The number of allylic oxidation sites excluding steroid dienone is 1. The molecule has 2 aromatic heterocycles. The summed E-state index contributed by atoms with van der Waals surface area (Å²) in [6.45, 7) is 1.92. The summed E-state index contributed by atoms with van der Waals surface area (Å²) in [7, 11) is 1.60. The van der Waals surface area contributed by atoms with Gasteiger partial charge in [-0.15, -0.1) is 0 Å².